The van der Waals surface area contributed by atoms with Crippen LogP contribution in [0.15, 0.2) is 36.4 Å². The maximum absolute atomic E-state index is 13.6. The monoisotopic (exact) mass is 381 g/mol. The Morgan fingerprint density at radius 1 is 1.28 bits per heavy atom. The summed E-state index contributed by atoms with van der Waals surface area (Å²) >= 11 is 7.28. The number of carbonyl (C=O) groups excluding carboxylic acids is 1. The molecule has 3 nitrogen and oxygen atoms in total. The van der Waals surface area contributed by atoms with Crippen molar-refractivity contribution in [2.45, 2.75) is 19.6 Å². The summed E-state index contributed by atoms with van der Waals surface area (Å²) in [6, 6.07) is 10.6. The first-order chi connectivity index (χ1) is 12.0. The number of ether oxygens (including phenoxy) is 1. The van der Waals surface area contributed by atoms with Crippen molar-refractivity contribution < 1.29 is 13.9 Å². The molecule has 0 bridgehead atoms. The maximum Gasteiger partial charge on any atom is 0.230 e. The van der Waals surface area contributed by atoms with Crippen LogP contribution >= 0.6 is 23.4 Å². The van der Waals surface area contributed by atoms with Crippen LogP contribution in [-0.2, 0) is 10.5 Å². The number of halogens is 2. The van der Waals surface area contributed by atoms with Gasteiger partial charge in [0.2, 0.25) is 5.91 Å². The van der Waals surface area contributed by atoms with Gasteiger partial charge < -0.3 is 10.1 Å². The molecule has 6 heteroatoms. The summed E-state index contributed by atoms with van der Waals surface area (Å²) in [4.78, 5) is 11.8. The van der Waals surface area contributed by atoms with Crippen LogP contribution < -0.4 is 10.1 Å². The molecule has 0 aliphatic heterocycles. The summed E-state index contributed by atoms with van der Waals surface area (Å²) in [5.74, 6) is 0.980. The van der Waals surface area contributed by atoms with Crippen molar-refractivity contribution in [3.63, 3.8) is 0 Å². The molecule has 1 N–H and O–H groups in total. The third kappa shape index (κ3) is 6.25. The molecule has 2 rings (SSSR count). The fraction of sp³-hybridized carbons (Fsp3) is 0.316. The van der Waals surface area contributed by atoms with Crippen molar-refractivity contribution in [1.29, 1.82) is 0 Å². The van der Waals surface area contributed by atoms with E-state index in [2.05, 4.69) is 5.32 Å². The minimum Gasteiger partial charge on any atom is -0.491 e. The maximum atomic E-state index is 13.6. The van der Waals surface area contributed by atoms with Gasteiger partial charge in [0, 0.05) is 16.3 Å². The normalized spacial score (nSPS) is 10.6. The lowest BCUT2D eigenvalue weighted by Gasteiger charge is -2.11. The molecule has 0 aliphatic rings. The van der Waals surface area contributed by atoms with Gasteiger partial charge in [-0.2, -0.15) is 0 Å². The lowest BCUT2D eigenvalue weighted by atomic mass is 10.1. The second kappa shape index (κ2) is 9.68. The third-order valence-electron chi connectivity index (χ3n) is 3.57. The first kappa shape index (κ1) is 19.6. The lowest BCUT2D eigenvalue weighted by Crippen LogP contribution is -2.29. The van der Waals surface area contributed by atoms with Crippen LogP contribution in [0.4, 0.5) is 4.39 Å². The second-order valence-electron chi connectivity index (χ2n) is 5.66. The molecule has 1 amide bonds. The zero-order valence-corrected chi connectivity index (χ0v) is 15.8. The predicted octanol–water partition coefficient (Wildman–Crippen LogP) is 4.52. The average molecular weight is 382 g/mol. The topological polar surface area (TPSA) is 38.3 Å². The number of carbonyl (C=O) groups is 1. The van der Waals surface area contributed by atoms with Gasteiger partial charge in [0.25, 0.3) is 0 Å². The Morgan fingerprint density at radius 3 is 2.84 bits per heavy atom. The highest BCUT2D eigenvalue weighted by atomic mass is 35.5. The van der Waals surface area contributed by atoms with Gasteiger partial charge in [0.1, 0.15) is 18.2 Å². The lowest BCUT2D eigenvalue weighted by molar-refractivity contribution is -0.118. The van der Waals surface area contributed by atoms with Gasteiger partial charge in [-0.25, -0.2) is 4.39 Å². The van der Waals surface area contributed by atoms with Gasteiger partial charge in [0.05, 0.1) is 12.3 Å². The largest absolute Gasteiger partial charge is 0.491 e. The summed E-state index contributed by atoms with van der Waals surface area (Å²) in [6.45, 7) is 4.82. The molecule has 0 aliphatic carbocycles. The molecule has 0 fully saturated rings. The van der Waals surface area contributed by atoms with Crippen molar-refractivity contribution in [3.05, 3.63) is 63.9 Å². The van der Waals surface area contributed by atoms with E-state index in [4.69, 9.17) is 16.3 Å². The molecular weight excluding hydrogens is 361 g/mol. The molecule has 0 saturated carbocycles. The van der Waals surface area contributed by atoms with Crippen molar-refractivity contribution >= 4 is 29.3 Å². The summed E-state index contributed by atoms with van der Waals surface area (Å²) in [7, 11) is 0. The fourth-order valence-electron chi connectivity index (χ4n) is 2.18. The van der Waals surface area contributed by atoms with Gasteiger partial charge in [-0.05, 0) is 43.2 Å². The van der Waals surface area contributed by atoms with Crippen LogP contribution in [0.2, 0.25) is 5.02 Å². The molecule has 25 heavy (non-hydrogen) atoms. The van der Waals surface area contributed by atoms with Gasteiger partial charge in [-0.1, -0.05) is 29.8 Å². The molecular formula is C19H21ClFNO2S. The molecule has 0 saturated heterocycles. The molecule has 2 aromatic rings. The van der Waals surface area contributed by atoms with Gasteiger partial charge in [-0.3, -0.25) is 4.79 Å². The number of nitrogens with one attached hydrogen (secondary N) is 1. The van der Waals surface area contributed by atoms with Gasteiger partial charge in [0.15, 0.2) is 0 Å². The van der Waals surface area contributed by atoms with E-state index in [0.29, 0.717) is 29.5 Å². The number of amides is 1. The average Bonchev–Trinajstić information content (AvgIpc) is 2.57. The van der Waals surface area contributed by atoms with Gasteiger partial charge in [-0.15, -0.1) is 11.8 Å². The number of benzene rings is 2. The molecule has 0 spiro atoms. The molecule has 0 aromatic heterocycles. The standard InChI is InChI=1S/C19H21ClFNO2S/c1-13-6-7-14(2)18(10-13)24-9-8-22-19(23)12-25-11-15-16(20)4-3-5-17(15)21/h3-7,10H,8-9,11-12H2,1-2H3,(H,22,23). The van der Waals surface area contributed by atoms with E-state index < -0.39 is 0 Å². The second-order valence-corrected chi connectivity index (χ2v) is 7.05. The van der Waals surface area contributed by atoms with Crippen molar-refractivity contribution in [1.82, 2.24) is 5.32 Å². The van der Waals surface area contributed by atoms with Crippen LogP contribution in [0.25, 0.3) is 0 Å². The van der Waals surface area contributed by atoms with E-state index in [1.165, 1.54) is 17.8 Å². The van der Waals surface area contributed by atoms with Crippen molar-refractivity contribution in [3.8, 4) is 5.75 Å². The SMILES string of the molecule is Cc1ccc(C)c(OCCNC(=O)CSCc2c(F)cccc2Cl)c1. The Hall–Kier alpha value is -1.72. The van der Waals surface area contributed by atoms with Crippen LogP contribution in [0, 0.1) is 19.7 Å². The van der Waals surface area contributed by atoms with E-state index in [1.807, 2.05) is 32.0 Å². The van der Waals surface area contributed by atoms with Crippen molar-refractivity contribution in [2.75, 3.05) is 18.9 Å². The third-order valence-corrected chi connectivity index (χ3v) is 4.88. The summed E-state index contributed by atoms with van der Waals surface area (Å²) < 4.78 is 19.3. The molecule has 0 radical (unpaired) electrons. The Labute approximate surface area is 156 Å². The number of hydrogen-bond donors (Lipinski definition) is 1. The van der Waals surface area contributed by atoms with Gasteiger partial charge >= 0.3 is 0 Å². The fourth-order valence-corrected chi connectivity index (χ4v) is 3.38. The highest BCUT2D eigenvalue weighted by Crippen LogP contribution is 2.23. The van der Waals surface area contributed by atoms with E-state index in [1.54, 1.807) is 12.1 Å². The number of aryl methyl sites for hydroxylation is 2. The van der Waals surface area contributed by atoms with Crippen LogP contribution in [0.3, 0.4) is 0 Å². The quantitative estimate of drug-likeness (QED) is 0.683. The minimum atomic E-state index is -0.345. The van der Waals surface area contributed by atoms with E-state index >= 15 is 0 Å². The Balaban J connectivity index is 1.67. The Kier molecular flexibility index (Phi) is 7.59. The molecule has 134 valence electrons. The van der Waals surface area contributed by atoms with E-state index in [0.717, 1.165) is 16.9 Å². The summed E-state index contributed by atoms with van der Waals surface area (Å²) in [6.07, 6.45) is 0. The number of thioether (sulfide) groups is 1. The zero-order valence-electron chi connectivity index (χ0n) is 14.3. The minimum absolute atomic E-state index is 0.109. The summed E-state index contributed by atoms with van der Waals surface area (Å²) in [5.41, 5.74) is 2.63. The molecule has 0 atom stereocenters. The van der Waals surface area contributed by atoms with E-state index in [-0.39, 0.29) is 17.5 Å². The summed E-state index contributed by atoms with van der Waals surface area (Å²) in [5, 5.41) is 3.18. The number of hydrogen-bond acceptors (Lipinski definition) is 3. The van der Waals surface area contributed by atoms with Crippen LogP contribution in [0.5, 0.6) is 5.75 Å². The molecule has 0 unspecified atom stereocenters. The number of rotatable bonds is 8. The smallest absolute Gasteiger partial charge is 0.230 e. The first-order valence-electron chi connectivity index (χ1n) is 7.94. The van der Waals surface area contributed by atoms with Crippen LogP contribution in [0.1, 0.15) is 16.7 Å². The highest BCUT2D eigenvalue weighted by molar-refractivity contribution is 7.99. The first-order valence-corrected chi connectivity index (χ1v) is 9.48. The predicted molar refractivity (Wildman–Crippen MR) is 102 cm³/mol. The van der Waals surface area contributed by atoms with Crippen molar-refractivity contribution in [2.24, 2.45) is 0 Å². The Morgan fingerprint density at radius 2 is 2.08 bits per heavy atom. The highest BCUT2D eigenvalue weighted by Gasteiger charge is 2.08. The zero-order chi connectivity index (χ0) is 18.2. The molecule has 2 aromatic carbocycles. The van der Waals surface area contributed by atoms with Crippen LogP contribution in [-0.4, -0.2) is 24.8 Å². The Bertz CT molecular complexity index is 719. The van der Waals surface area contributed by atoms with E-state index in [9.17, 15) is 9.18 Å². The molecule has 0 heterocycles.